The molecular weight excluding hydrogens is 398 g/mol. The molecule has 1 fully saturated rings. The number of nitrogens with zero attached hydrogens (tertiary/aromatic N) is 3. The summed E-state index contributed by atoms with van der Waals surface area (Å²) in [5.41, 5.74) is -0.0992. The second-order valence-corrected chi connectivity index (χ2v) is 7.68. The fraction of sp³-hybridized carbons (Fsp3) is 0.474. The molecule has 6 nitrogen and oxygen atoms in total. The highest BCUT2D eigenvalue weighted by Crippen LogP contribution is 2.20. The molecular formula is C19H24BrN3O3. The van der Waals surface area contributed by atoms with Gasteiger partial charge >= 0.3 is 0 Å². The average Bonchev–Trinajstić information content (AvgIpc) is 3.14. The SMILES string of the molecule is CN1CCC(N(Cc2ccco2)C(=O)CCn2cc(Br)ccc2=O)CC1. The Labute approximate surface area is 161 Å². The van der Waals surface area contributed by atoms with E-state index in [0.717, 1.165) is 36.2 Å². The van der Waals surface area contributed by atoms with E-state index in [1.165, 1.54) is 6.07 Å². The van der Waals surface area contributed by atoms with Crippen molar-refractivity contribution < 1.29 is 9.21 Å². The molecule has 0 aliphatic carbocycles. The van der Waals surface area contributed by atoms with E-state index >= 15 is 0 Å². The fourth-order valence-electron chi connectivity index (χ4n) is 3.33. The summed E-state index contributed by atoms with van der Waals surface area (Å²) in [4.78, 5) is 29.1. The van der Waals surface area contributed by atoms with Crippen LogP contribution in [-0.2, 0) is 17.9 Å². The number of carbonyl (C=O) groups is 1. The zero-order valence-electron chi connectivity index (χ0n) is 14.9. The Morgan fingerprint density at radius 1 is 1.31 bits per heavy atom. The molecule has 7 heteroatoms. The van der Waals surface area contributed by atoms with Crippen LogP contribution in [0.4, 0.5) is 0 Å². The van der Waals surface area contributed by atoms with Gasteiger partial charge in [0.25, 0.3) is 5.56 Å². The summed E-state index contributed by atoms with van der Waals surface area (Å²) < 4.78 is 7.86. The molecule has 2 aromatic rings. The first-order valence-electron chi connectivity index (χ1n) is 8.89. The van der Waals surface area contributed by atoms with Gasteiger partial charge in [-0.1, -0.05) is 0 Å². The molecule has 3 rings (SSSR count). The lowest BCUT2D eigenvalue weighted by molar-refractivity contribution is -0.135. The number of rotatable bonds is 6. The first kappa shape index (κ1) is 18.9. The van der Waals surface area contributed by atoms with Gasteiger partial charge in [-0.2, -0.15) is 0 Å². The molecule has 1 aliphatic heterocycles. The van der Waals surface area contributed by atoms with E-state index in [2.05, 4.69) is 27.9 Å². The first-order valence-corrected chi connectivity index (χ1v) is 9.68. The van der Waals surface area contributed by atoms with E-state index in [9.17, 15) is 9.59 Å². The molecule has 0 spiro atoms. The van der Waals surface area contributed by atoms with Gasteiger partial charge in [0, 0.05) is 35.7 Å². The van der Waals surface area contributed by atoms with E-state index in [0.29, 0.717) is 19.5 Å². The van der Waals surface area contributed by atoms with Crippen LogP contribution in [0.2, 0.25) is 0 Å². The zero-order valence-corrected chi connectivity index (χ0v) is 16.5. The first-order chi connectivity index (χ1) is 12.5. The molecule has 2 aromatic heterocycles. The average molecular weight is 422 g/mol. The van der Waals surface area contributed by atoms with Crippen molar-refractivity contribution in [3.8, 4) is 0 Å². The highest BCUT2D eigenvalue weighted by Gasteiger charge is 2.27. The lowest BCUT2D eigenvalue weighted by atomic mass is 10.0. The molecule has 1 aliphatic rings. The number of furan rings is 1. The Morgan fingerprint density at radius 3 is 2.77 bits per heavy atom. The maximum atomic E-state index is 13.0. The summed E-state index contributed by atoms with van der Waals surface area (Å²) in [5.74, 6) is 0.847. The molecule has 1 saturated heterocycles. The molecule has 0 unspecified atom stereocenters. The molecule has 3 heterocycles. The Hall–Kier alpha value is -1.86. The van der Waals surface area contributed by atoms with Gasteiger partial charge in [0.2, 0.25) is 5.91 Å². The predicted molar refractivity (Wildman–Crippen MR) is 103 cm³/mol. The number of amides is 1. The molecule has 0 atom stereocenters. The number of carbonyl (C=O) groups excluding carboxylic acids is 1. The second-order valence-electron chi connectivity index (χ2n) is 6.76. The van der Waals surface area contributed by atoms with Crippen molar-refractivity contribution in [1.82, 2.24) is 14.4 Å². The van der Waals surface area contributed by atoms with Crippen LogP contribution >= 0.6 is 15.9 Å². The van der Waals surface area contributed by atoms with E-state index in [4.69, 9.17) is 4.42 Å². The summed E-state index contributed by atoms with van der Waals surface area (Å²) >= 11 is 3.37. The summed E-state index contributed by atoms with van der Waals surface area (Å²) in [5, 5.41) is 0. The van der Waals surface area contributed by atoms with Crippen LogP contribution < -0.4 is 5.56 Å². The van der Waals surface area contributed by atoms with Crippen LogP contribution in [-0.4, -0.2) is 46.5 Å². The van der Waals surface area contributed by atoms with E-state index in [1.54, 1.807) is 23.1 Å². The quantitative estimate of drug-likeness (QED) is 0.719. The van der Waals surface area contributed by atoms with Crippen molar-refractivity contribution in [1.29, 1.82) is 0 Å². The molecule has 1 amide bonds. The number of aromatic nitrogens is 1. The van der Waals surface area contributed by atoms with Crippen molar-refractivity contribution >= 4 is 21.8 Å². The van der Waals surface area contributed by atoms with Crippen LogP contribution in [0.15, 0.2) is 50.4 Å². The Kier molecular flexibility index (Phi) is 6.32. The van der Waals surface area contributed by atoms with E-state index < -0.39 is 0 Å². The maximum absolute atomic E-state index is 13.0. The van der Waals surface area contributed by atoms with Crippen molar-refractivity contribution in [2.75, 3.05) is 20.1 Å². The molecule has 0 radical (unpaired) electrons. The third-order valence-electron chi connectivity index (χ3n) is 4.87. The lowest BCUT2D eigenvalue weighted by Crippen LogP contribution is -2.46. The largest absolute Gasteiger partial charge is 0.467 e. The standard InChI is InChI=1S/C19H24BrN3O3/c1-21-9-6-16(7-10-21)23(14-17-3-2-12-26-17)19(25)8-11-22-13-15(20)4-5-18(22)24/h2-5,12-13,16H,6-11,14H2,1H3. The van der Waals surface area contributed by atoms with Crippen molar-refractivity contribution in [2.24, 2.45) is 0 Å². The number of hydrogen-bond donors (Lipinski definition) is 0. The van der Waals surface area contributed by atoms with Gasteiger partial charge < -0.3 is 18.8 Å². The molecule has 0 aromatic carbocycles. The summed E-state index contributed by atoms with van der Waals surface area (Å²) in [6.07, 6.45) is 5.57. The minimum Gasteiger partial charge on any atom is -0.467 e. The monoisotopic (exact) mass is 421 g/mol. The van der Waals surface area contributed by atoms with Gasteiger partial charge in [0.05, 0.1) is 12.8 Å². The zero-order chi connectivity index (χ0) is 18.5. The molecule has 0 saturated carbocycles. The van der Waals surface area contributed by atoms with Gasteiger partial charge in [-0.25, -0.2) is 0 Å². The van der Waals surface area contributed by atoms with Gasteiger partial charge in [0.1, 0.15) is 5.76 Å². The van der Waals surface area contributed by atoms with Crippen molar-refractivity contribution in [2.45, 2.75) is 38.4 Å². The second kappa shape index (κ2) is 8.68. The number of hydrogen-bond acceptors (Lipinski definition) is 4. The number of aryl methyl sites for hydroxylation is 1. The summed E-state index contributed by atoms with van der Waals surface area (Å²) in [6.45, 7) is 2.82. The fourth-order valence-corrected chi connectivity index (χ4v) is 3.71. The minimum atomic E-state index is -0.0992. The van der Waals surface area contributed by atoms with Gasteiger partial charge in [0.15, 0.2) is 0 Å². The lowest BCUT2D eigenvalue weighted by Gasteiger charge is -2.37. The van der Waals surface area contributed by atoms with Crippen LogP contribution in [0, 0.1) is 0 Å². The number of pyridine rings is 1. The van der Waals surface area contributed by atoms with Crippen LogP contribution in [0.5, 0.6) is 0 Å². The Balaban J connectivity index is 1.69. The van der Waals surface area contributed by atoms with E-state index in [-0.39, 0.29) is 17.5 Å². The predicted octanol–water partition coefficient (Wildman–Crippen LogP) is 2.72. The van der Waals surface area contributed by atoms with Crippen LogP contribution in [0.3, 0.4) is 0 Å². The normalized spacial score (nSPS) is 15.9. The van der Waals surface area contributed by atoms with E-state index in [1.807, 2.05) is 17.0 Å². The maximum Gasteiger partial charge on any atom is 0.250 e. The smallest absolute Gasteiger partial charge is 0.250 e. The number of halogens is 1. The summed E-state index contributed by atoms with van der Waals surface area (Å²) in [6, 6.07) is 7.17. The summed E-state index contributed by atoms with van der Waals surface area (Å²) in [7, 11) is 2.11. The van der Waals surface area contributed by atoms with Gasteiger partial charge in [-0.05, 0) is 67.1 Å². The third kappa shape index (κ3) is 4.86. The molecule has 140 valence electrons. The van der Waals surface area contributed by atoms with Gasteiger partial charge in [-0.3, -0.25) is 9.59 Å². The van der Waals surface area contributed by atoms with Crippen molar-refractivity contribution in [3.05, 3.63) is 57.3 Å². The van der Waals surface area contributed by atoms with Crippen molar-refractivity contribution in [3.63, 3.8) is 0 Å². The molecule has 0 N–H and O–H groups in total. The van der Waals surface area contributed by atoms with Gasteiger partial charge in [-0.15, -0.1) is 0 Å². The molecule has 26 heavy (non-hydrogen) atoms. The number of likely N-dealkylation sites (tertiary alicyclic amines) is 1. The number of piperidine rings is 1. The van der Waals surface area contributed by atoms with Crippen LogP contribution in [0.1, 0.15) is 25.0 Å². The molecule has 0 bridgehead atoms. The Bertz CT molecular complexity index is 780. The highest BCUT2D eigenvalue weighted by molar-refractivity contribution is 9.10. The van der Waals surface area contributed by atoms with Crippen LogP contribution in [0.25, 0.3) is 0 Å². The Morgan fingerprint density at radius 2 is 2.08 bits per heavy atom. The topological polar surface area (TPSA) is 58.7 Å². The third-order valence-corrected chi connectivity index (χ3v) is 5.34. The minimum absolute atomic E-state index is 0.0582. The highest BCUT2D eigenvalue weighted by atomic mass is 79.9.